The van der Waals surface area contributed by atoms with Crippen molar-refractivity contribution in [1.82, 2.24) is 10.6 Å². The molecular formula is C17H26N2O. The largest absolute Gasteiger partial charge is 0.388 e. The molecule has 4 saturated carbocycles. The smallest absolute Gasteiger partial charge is 0.245 e. The molecule has 4 rings (SSSR count). The normalized spacial score (nSPS) is 45.4. The maximum absolute atomic E-state index is 12.0. The van der Waals surface area contributed by atoms with E-state index < -0.39 is 0 Å². The molecule has 6 atom stereocenters. The standard InChI is InChI=1S/C17H26N2O/c20-17(19-16-10-12-2-4-14(16)8-12)5-6-18-15-9-11-1-3-13(15)7-11/h5-6,11-16,18H,1-4,7-10H2,(H,19,20). The zero-order valence-corrected chi connectivity index (χ0v) is 12.2. The molecule has 0 aromatic heterocycles. The highest BCUT2D eigenvalue weighted by Crippen LogP contribution is 2.45. The van der Waals surface area contributed by atoms with Crippen LogP contribution in [0.1, 0.15) is 51.4 Å². The van der Waals surface area contributed by atoms with Gasteiger partial charge in [0.05, 0.1) is 0 Å². The summed E-state index contributed by atoms with van der Waals surface area (Å²) >= 11 is 0. The number of amides is 1. The van der Waals surface area contributed by atoms with Crippen LogP contribution in [0.5, 0.6) is 0 Å². The van der Waals surface area contributed by atoms with Gasteiger partial charge in [0.2, 0.25) is 5.91 Å². The van der Waals surface area contributed by atoms with E-state index >= 15 is 0 Å². The number of fused-ring (bicyclic) bond motifs is 4. The number of hydrogen-bond acceptors (Lipinski definition) is 2. The highest BCUT2D eigenvalue weighted by molar-refractivity contribution is 5.87. The predicted octanol–water partition coefficient (Wildman–Crippen LogP) is 2.58. The fraction of sp³-hybridized carbons (Fsp3) is 0.824. The fourth-order valence-corrected chi connectivity index (χ4v) is 5.35. The topological polar surface area (TPSA) is 41.1 Å². The van der Waals surface area contributed by atoms with Crippen molar-refractivity contribution in [3.8, 4) is 0 Å². The lowest BCUT2D eigenvalue weighted by Gasteiger charge is -2.23. The molecule has 3 nitrogen and oxygen atoms in total. The van der Waals surface area contributed by atoms with Crippen LogP contribution in [0.25, 0.3) is 0 Å². The molecule has 0 aromatic rings. The van der Waals surface area contributed by atoms with Gasteiger partial charge in [0.25, 0.3) is 0 Å². The number of hydrogen-bond donors (Lipinski definition) is 2. The van der Waals surface area contributed by atoms with Crippen molar-refractivity contribution in [1.29, 1.82) is 0 Å². The molecule has 0 saturated heterocycles. The molecule has 0 aromatic carbocycles. The summed E-state index contributed by atoms with van der Waals surface area (Å²) in [5.74, 6) is 3.56. The average molecular weight is 274 g/mol. The zero-order valence-electron chi connectivity index (χ0n) is 12.2. The Labute approximate surface area is 121 Å². The van der Waals surface area contributed by atoms with Crippen LogP contribution in [0.4, 0.5) is 0 Å². The van der Waals surface area contributed by atoms with E-state index in [0.717, 1.165) is 23.7 Å². The maximum Gasteiger partial charge on any atom is 0.245 e. The van der Waals surface area contributed by atoms with E-state index in [4.69, 9.17) is 0 Å². The lowest BCUT2D eigenvalue weighted by Crippen LogP contribution is -2.38. The van der Waals surface area contributed by atoms with Crippen LogP contribution < -0.4 is 10.6 Å². The third-order valence-electron chi connectivity index (χ3n) is 6.35. The van der Waals surface area contributed by atoms with Gasteiger partial charge < -0.3 is 10.6 Å². The Morgan fingerprint density at radius 1 is 0.850 bits per heavy atom. The Morgan fingerprint density at radius 2 is 1.50 bits per heavy atom. The lowest BCUT2D eigenvalue weighted by molar-refractivity contribution is -0.117. The molecule has 4 aliphatic rings. The van der Waals surface area contributed by atoms with Crippen LogP contribution in [0.15, 0.2) is 12.3 Å². The van der Waals surface area contributed by atoms with Crippen molar-refractivity contribution in [3.63, 3.8) is 0 Å². The molecule has 2 N–H and O–H groups in total. The van der Waals surface area contributed by atoms with E-state index in [1.807, 2.05) is 6.20 Å². The molecule has 4 fully saturated rings. The van der Waals surface area contributed by atoms with Gasteiger partial charge in [0.1, 0.15) is 0 Å². The van der Waals surface area contributed by atoms with Crippen molar-refractivity contribution < 1.29 is 4.79 Å². The van der Waals surface area contributed by atoms with Crippen molar-refractivity contribution in [2.75, 3.05) is 0 Å². The summed E-state index contributed by atoms with van der Waals surface area (Å²) in [4.78, 5) is 12.0. The van der Waals surface area contributed by atoms with Gasteiger partial charge in [-0.05, 0) is 62.2 Å². The molecule has 3 heteroatoms. The summed E-state index contributed by atoms with van der Waals surface area (Å²) in [7, 11) is 0. The van der Waals surface area contributed by atoms with E-state index in [1.165, 1.54) is 51.4 Å². The maximum atomic E-state index is 12.0. The van der Waals surface area contributed by atoms with Gasteiger partial charge in [-0.25, -0.2) is 0 Å². The van der Waals surface area contributed by atoms with Crippen LogP contribution in [-0.4, -0.2) is 18.0 Å². The molecule has 1 amide bonds. The molecule has 0 spiro atoms. The van der Waals surface area contributed by atoms with Crippen molar-refractivity contribution in [2.45, 2.75) is 63.5 Å². The first-order valence-electron chi connectivity index (χ1n) is 8.51. The van der Waals surface area contributed by atoms with Crippen LogP contribution >= 0.6 is 0 Å². The lowest BCUT2D eigenvalue weighted by atomic mass is 9.95. The van der Waals surface area contributed by atoms with Crippen molar-refractivity contribution in [2.24, 2.45) is 23.7 Å². The van der Waals surface area contributed by atoms with Gasteiger partial charge in [-0.3, -0.25) is 4.79 Å². The third kappa shape index (κ3) is 2.36. The first-order valence-corrected chi connectivity index (χ1v) is 8.51. The summed E-state index contributed by atoms with van der Waals surface area (Å²) in [6, 6.07) is 1.08. The van der Waals surface area contributed by atoms with E-state index in [0.29, 0.717) is 12.1 Å². The number of carbonyl (C=O) groups excluding carboxylic acids is 1. The second kappa shape index (κ2) is 5.09. The summed E-state index contributed by atoms with van der Waals surface area (Å²) in [6.07, 6.45) is 14.4. The van der Waals surface area contributed by atoms with Gasteiger partial charge in [0.15, 0.2) is 0 Å². The van der Waals surface area contributed by atoms with Crippen LogP contribution in [0.3, 0.4) is 0 Å². The van der Waals surface area contributed by atoms with Gasteiger partial charge in [-0.1, -0.05) is 12.8 Å². The highest BCUT2D eigenvalue weighted by atomic mass is 16.1. The molecule has 0 aliphatic heterocycles. The minimum atomic E-state index is 0.0956. The average Bonchev–Trinajstić information content (AvgIpc) is 3.19. The second-order valence-electron chi connectivity index (χ2n) is 7.57. The third-order valence-corrected chi connectivity index (χ3v) is 6.35. The Kier molecular flexibility index (Phi) is 3.24. The summed E-state index contributed by atoms with van der Waals surface area (Å²) < 4.78 is 0. The zero-order chi connectivity index (χ0) is 13.5. The highest BCUT2D eigenvalue weighted by Gasteiger charge is 2.40. The van der Waals surface area contributed by atoms with Gasteiger partial charge >= 0.3 is 0 Å². The molecule has 0 heterocycles. The SMILES string of the molecule is O=C(C=CNC1CC2CCC1C2)NC1CC2CCC1C2. The van der Waals surface area contributed by atoms with Gasteiger partial charge in [-0.2, -0.15) is 0 Å². The summed E-state index contributed by atoms with van der Waals surface area (Å²) in [6.45, 7) is 0. The Hall–Kier alpha value is -0.990. The minimum Gasteiger partial charge on any atom is -0.388 e. The Balaban J connectivity index is 1.23. The first-order chi connectivity index (χ1) is 9.78. The number of carbonyl (C=O) groups is 1. The van der Waals surface area contributed by atoms with Crippen LogP contribution in [0.2, 0.25) is 0 Å². The van der Waals surface area contributed by atoms with E-state index in [1.54, 1.807) is 6.08 Å². The Morgan fingerprint density at radius 3 is 2.05 bits per heavy atom. The minimum absolute atomic E-state index is 0.0956. The molecule has 4 bridgehead atoms. The number of rotatable bonds is 4. The van der Waals surface area contributed by atoms with Crippen LogP contribution in [-0.2, 0) is 4.79 Å². The molecular weight excluding hydrogens is 248 g/mol. The molecule has 0 radical (unpaired) electrons. The monoisotopic (exact) mass is 274 g/mol. The molecule has 4 aliphatic carbocycles. The van der Waals surface area contributed by atoms with Crippen molar-refractivity contribution >= 4 is 5.91 Å². The van der Waals surface area contributed by atoms with Crippen LogP contribution in [0, 0.1) is 23.7 Å². The summed E-state index contributed by atoms with van der Waals surface area (Å²) in [5.41, 5.74) is 0. The van der Waals surface area contributed by atoms with Crippen molar-refractivity contribution in [3.05, 3.63) is 12.3 Å². The molecule has 6 unspecified atom stereocenters. The Bertz CT molecular complexity index is 419. The predicted molar refractivity (Wildman–Crippen MR) is 78.9 cm³/mol. The quantitative estimate of drug-likeness (QED) is 0.774. The fourth-order valence-electron chi connectivity index (χ4n) is 5.35. The van der Waals surface area contributed by atoms with E-state index in [-0.39, 0.29) is 5.91 Å². The molecule has 20 heavy (non-hydrogen) atoms. The summed E-state index contributed by atoms with van der Waals surface area (Å²) in [5, 5.41) is 6.67. The van der Waals surface area contributed by atoms with E-state index in [9.17, 15) is 4.79 Å². The van der Waals surface area contributed by atoms with Gasteiger partial charge in [-0.15, -0.1) is 0 Å². The van der Waals surface area contributed by atoms with E-state index in [2.05, 4.69) is 10.6 Å². The molecule has 110 valence electrons. The van der Waals surface area contributed by atoms with Gasteiger partial charge in [0, 0.05) is 24.4 Å². The number of nitrogens with one attached hydrogen (secondary N) is 2. The second-order valence-corrected chi connectivity index (χ2v) is 7.57. The first kappa shape index (κ1) is 12.7.